The first-order valence-corrected chi connectivity index (χ1v) is 4.09. The molecule has 0 saturated carbocycles. The molecule has 1 aromatic carbocycles. The minimum atomic E-state index is 0.629. The van der Waals surface area contributed by atoms with Crippen LogP contribution in [0.4, 0.5) is 5.69 Å². The number of isothiocyanates is 1. The zero-order valence-electron chi connectivity index (χ0n) is 6.78. The number of aliphatic imine (C=N–C) groups is 1. The van der Waals surface area contributed by atoms with E-state index in [4.69, 9.17) is 4.74 Å². The summed E-state index contributed by atoms with van der Waals surface area (Å²) in [6.45, 7) is 2.56. The number of rotatable bonds is 3. The lowest BCUT2D eigenvalue weighted by atomic mass is 10.3. The Kier molecular flexibility index (Phi) is 3.45. The summed E-state index contributed by atoms with van der Waals surface area (Å²) in [5.74, 6) is 0.748. The van der Waals surface area contributed by atoms with Crippen molar-refractivity contribution < 1.29 is 4.74 Å². The maximum Gasteiger partial charge on any atom is 0.145 e. The second-order valence-corrected chi connectivity index (χ2v) is 2.29. The van der Waals surface area contributed by atoms with Crippen molar-refractivity contribution in [2.75, 3.05) is 6.61 Å². The Morgan fingerprint density at radius 2 is 2.25 bits per heavy atom. The Hall–Kier alpha value is -1.18. The van der Waals surface area contributed by atoms with Crippen molar-refractivity contribution in [3.63, 3.8) is 0 Å². The fourth-order valence-corrected chi connectivity index (χ4v) is 0.975. The summed E-state index contributed by atoms with van der Waals surface area (Å²) < 4.78 is 5.31. The Bertz CT molecular complexity index is 305. The van der Waals surface area contributed by atoms with Gasteiger partial charge in [-0.25, -0.2) is 0 Å². The van der Waals surface area contributed by atoms with Gasteiger partial charge in [0.2, 0.25) is 0 Å². The van der Waals surface area contributed by atoms with E-state index in [1.807, 2.05) is 31.2 Å². The number of nitrogens with zero attached hydrogens (tertiary/aromatic N) is 1. The van der Waals surface area contributed by atoms with Crippen LogP contribution in [0, 0.1) is 0 Å². The molecule has 0 radical (unpaired) electrons. The van der Waals surface area contributed by atoms with Gasteiger partial charge in [0.15, 0.2) is 0 Å². The molecule has 0 aliphatic rings. The molecule has 0 unspecified atom stereocenters. The topological polar surface area (TPSA) is 21.6 Å². The Morgan fingerprint density at radius 1 is 1.50 bits per heavy atom. The quantitative estimate of drug-likeness (QED) is 0.525. The molecule has 0 fully saturated rings. The van der Waals surface area contributed by atoms with Gasteiger partial charge in [0.05, 0.1) is 11.8 Å². The van der Waals surface area contributed by atoms with E-state index in [0.717, 1.165) is 11.4 Å². The highest BCUT2D eigenvalue weighted by Gasteiger charge is 1.97. The maximum absolute atomic E-state index is 5.31. The van der Waals surface area contributed by atoms with Crippen LogP contribution >= 0.6 is 12.2 Å². The molecule has 0 aliphatic heterocycles. The van der Waals surface area contributed by atoms with Crippen LogP contribution in [0.15, 0.2) is 29.3 Å². The lowest BCUT2D eigenvalue weighted by molar-refractivity contribution is 0.341. The highest BCUT2D eigenvalue weighted by Crippen LogP contribution is 2.25. The summed E-state index contributed by atoms with van der Waals surface area (Å²) in [6, 6.07) is 7.47. The van der Waals surface area contributed by atoms with Crippen molar-refractivity contribution in [1.29, 1.82) is 0 Å². The van der Waals surface area contributed by atoms with E-state index in [1.54, 1.807) is 0 Å². The molecule has 0 spiro atoms. The second kappa shape index (κ2) is 4.65. The standard InChI is InChI=1S/C9H9NOS/c1-2-11-9-6-4-3-5-8(9)10-7-12/h3-6H,2H2,1H3. The average molecular weight is 179 g/mol. The van der Waals surface area contributed by atoms with Gasteiger partial charge in [-0.15, -0.1) is 0 Å². The van der Waals surface area contributed by atoms with Crippen LogP contribution < -0.4 is 4.74 Å². The van der Waals surface area contributed by atoms with Gasteiger partial charge in [0.1, 0.15) is 11.4 Å². The molecular formula is C9H9NOS. The summed E-state index contributed by atoms with van der Waals surface area (Å²) in [5.41, 5.74) is 0.731. The average Bonchev–Trinajstić information content (AvgIpc) is 2.09. The van der Waals surface area contributed by atoms with Crippen molar-refractivity contribution in [3.8, 4) is 5.75 Å². The minimum Gasteiger partial charge on any atom is -0.492 e. The number of hydrogen-bond acceptors (Lipinski definition) is 3. The van der Waals surface area contributed by atoms with Gasteiger partial charge in [-0.05, 0) is 31.3 Å². The lowest BCUT2D eigenvalue weighted by Gasteiger charge is -2.03. The van der Waals surface area contributed by atoms with Gasteiger partial charge < -0.3 is 4.74 Å². The Morgan fingerprint density at radius 3 is 2.92 bits per heavy atom. The van der Waals surface area contributed by atoms with Gasteiger partial charge >= 0.3 is 0 Å². The summed E-state index contributed by atoms with van der Waals surface area (Å²) in [5, 5.41) is 2.31. The zero-order valence-corrected chi connectivity index (χ0v) is 7.60. The van der Waals surface area contributed by atoms with Crippen LogP contribution in [0.3, 0.4) is 0 Å². The molecule has 62 valence electrons. The first-order valence-electron chi connectivity index (χ1n) is 3.68. The van der Waals surface area contributed by atoms with Crippen molar-refractivity contribution >= 4 is 23.1 Å². The number of ether oxygens (including phenoxy) is 1. The molecule has 0 aromatic heterocycles. The SMILES string of the molecule is CCOc1ccccc1N=C=S. The third kappa shape index (κ3) is 2.16. The molecule has 0 amide bonds. The van der Waals surface area contributed by atoms with E-state index in [2.05, 4.69) is 22.4 Å². The number of benzene rings is 1. The molecule has 1 aromatic rings. The van der Waals surface area contributed by atoms with Gasteiger partial charge in [0, 0.05) is 0 Å². The fraction of sp³-hybridized carbons (Fsp3) is 0.222. The van der Waals surface area contributed by atoms with Gasteiger partial charge in [-0.2, -0.15) is 4.99 Å². The molecule has 0 bridgehead atoms. The molecule has 1 rings (SSSR count). The summed E-state index contributed by atoms with van der Waals surface area (Å²) in [6.07, 6.45) is 0. The maximum atomic E-state index is 5.31. The molecule has 0 saturated heterocycles. The molecule has 3 heteroatoms. The van der Waals surface area contributed by atoms with E-state index in [-0.39, 0.29) is 0 Å². The monoisotopic (exact) mass is 179 g/mol. The van der Waals surface area contributed by atoms with E-state index >= 15 is 0 Å². The van der Waals surface area contributed by atoms with Crippen molar-refractivity contribution in [1.82, 2.24) is 0 Å². The Balaban J connectivity index is 2.99. The summed E-state index contributed by atoms with van der Waals surface area (Å²) in [4.78, 5) is 3.87. The van der Waals surface area contributed by atoms with Crippen molar-refractivity contribution in [2.45, 2.75) is 6.92 Å². The van der Waals surface area contributed by atoms with E-state index in [1.165, 1.54) is 0 Å². The van der Waals surface area contributed by atoms with Crippen LogP contribution in [-0.4, -0.2) is 11.8 Å². The largest absolute Gasteiger partial charge is 0.492 e. The number of para-hydroxylation sites is 2. The first kappa shape index (κ1) is 8.91. The third-order valence-electron chi connectivity index (χ3n) is 1.33. The smallest absolute Gasteiger partial charge is 0.145 e. The van der Waals surface area contributed by atoms with Crippen LogP contribution in [0.2, 0.25) is 0 Å². The molecule has 12 heavy (non-hydrogen) atoms. The van der Waals surface area contributed by atoms with Crippen molar-refractivity contribution in [3.05, 3.63) is 24.3 Å². The van der Waals surface area contributed by atoms with E-state index in [9.17, 15) is 0 Å². The highest BCUT2D eigenvalue weighted by atomic mass is 32.1. The highest BCUT2D eigenvalue weighted by molar-refractivity contribution is 7.78. The van der Waals surface area contributed by atoms with Crippen LogP contribution in [0.1, 0.15) is 6.92 Å². The predicted octanol–water partition coefficient (Wildman–Crippen LogP) is 2.82. The zero-order chi connectivity index (χ0) is 8.81. The Labute approximate surface area is 76.9 Å². The van der Waals surface area contributed by atoms with Crippen LogP contribution in [0.25, 0.3) is 0 Å². The minimum absolute atomic E-state index is 0.629. The lowest BCUT2D eigenvalue weighted by Crippen LogP contribution is -1.90. The van der Waals surface area contributed by atoms with Gasteiger partial charge in [-0.1, -0.05) is 12.1 Å². The third-order valence-corrected chi connectivity index (χ3v) is 1.42. The molecule has 0 aliphatic carbocycles. The van der Waals surface area contributed by atoms with Crippen LogP contribution in [0.5, 0.6) is 5.75 Å². The fourth-order valence-electron chi connectivity index (χ4n) is 0.876. The van der Waals surface area contributed by atoms with Crippen LogP contribution in [-0.2, 0) is 0 Å². The predicted molar refractivity (Wildman–Crippen MR) is 52.3 cm³/mol. The molecule has 2 nitrogen and oxygen atoms in total. The molecule has 0 heterocycles. The van der Waals surface area contributed by atoms with E-state index < -0.39 is 0 Å². The van der Waals surface area contributed by atoms with Gasteiger partial charge in [0.25, 0.3) is 0 Å². The number of hydrogen-bond donors (Lipinski definition) is 0. The summed E-state index contributed by atoms with van der Waals surface area (Å²) in [7, 11) is 0. The van der Waals surface area contributed by atoms with Gasteiger partial charge in [-0.3, -0.25) is 0 Å². The normalized spacial score (nSPS) is 8.75. The number of thiocarbonyl (C=S) groups is 1. The molecule has 0 atom stereocenters. The second-order valence-electron chi connectivity index (χ2n) is 2.10. The molecule has 0 N–H and O–H groups in total. The van der Waals surface area contributed by atoms with Crippen molar-refractivity contribution in [2.24, 2.45) is 4.99 Å². The molecular weight excluding hydrogens is 170 g/mol. The summed E-state index contributed by atoms with van der Waals surface area (Å²) >= 11 is 4.51. The first-order chi connectivity index (χ1) is 5.88. The van der Waals surface area contributed by atoms with E-state index in [0.29, 0.717) is 6.61 Å².